The van der Waals surface area contributed by atoms with Crippen molar-refractivity contribution in [2.24, 2.45) is 17.6 Å². The minimum Gasteiger partial charge on any atom is -0.462 e. The Morgan fingerprint density at radius 2 is 1.81 bits per heavy atom. The predicted octanol–water partition coefficient (Wildman–Crippen LogP) is 1.63. The van der Waals surface area contributed by atoms with Crippen molar-refractivity contribution in [1.29, 1.82) is 0 Å². The van der Waals surface area contributed by atoms with Gasteiger partial charge < -0.3 is 15.8 Å². The van der Waals surface area contributed by atoms with E-state index in [2.05, 4.69) is 10.6 Å². The van der Waals surface area contributed by atoms with Crippen molar-refractivity contribution < 1.29 is 28.7 Å². The summed E-state index contributed by atoms with van der Waals surface area (Å²) in [7, 11) is 0. The van der Waals surface area contributed by atoms with E-state index in [-0.39, 0.29) is 24.3 Å². The van der Waals surface area contributed by atoms with E-state index in [9.17, 15) is 24.0 Å². The lowest BCUT2D eigenvalue weighted by Crippen LogP contribution is -2.53. The van der Waals surface area contributed by atoms with E-state index in [4.69, 9.17) is 22.1 Å². The molecular formula is C25H23ClN4O6. The number of rotatable bonds is 5. The Labute approximate surface area is 211 Å². The molecule has 2 aromatic rings. The maximum absolute atomic E-state index is 13.9. The van der Waals surface area contributed by atoms with Gasteiger partial charge in [-0.25, -0.2) is 9.69 Å². The molecule has 4 N–H and O–H groups in total. The summed E-state index contributed by atoms with van der Waals surface area (Å²) in [5.41, 5.74) is 5.96. The van der Waals surface area contributed by atoms with E-state index in [1.165, 1.54) is 24.3 Å². The molecule has 4 atom stereocenters. The molecule has 0 radical (unpaired) electrons. The fraction of sp³-hybridized carbons (Fsp3) is 0.320. The Hall–Kier alpha value is -3.76. The van der Waals surface area contributed by atoms with Crippen LogP contribution in [0.4, 0.5) is 11.4 Å². The molecule has 186 valence electrons. The first-order valence-corrected chi connectivity index (χ1v) is 11.8. The molecule has 2 fully saturated rings. The Balaban J connectivity index is 1.60. The number of nitrogens with zero attached hydrogens (tertiary/aromatic N) is 1. The molecule has 2 saturated heterocycles. The van der Waals surface area contributed by atoms with Crippen LogP contribution in [0.25, 0.3) is 0 Å². The van der Waals surface area contributed by atoms with Crippen LogP contribution in [-0.2, 0) is 29.5 Å². The summed E-state index contributed by atoms with van der Waals surface area (Å²) in [6.07, 6.45) is -0.243. The summed E-state index contributed by atoms with van der Waals surface area (Å²) in [5, 5.41) is 6.39. The van der Waals surface area contributed by atoms with E-state index in [0.29, 0.717) is 21.8 Å². The van der Waals surface area contributed by atoms with Crippen LogP contribution >= 0.6 is 11.6 Å². The molecule has 5 rings (SSSR count). The molecule has 0 unspecified atom stereocenters. The van der Waals surface area contributed by atoms with E-state index >= 15 is 0 Å². The Bertz CT molecular complexity index is 1340. The van der Waals surface area contributed by atoms with Gasteiger partial charge in [0.2, 0.25) is 23.6 Å². The smallest absolute Gasteiger partial charge is 0.338 e. The summed E-state index contributed by atoms with van der Waals surface area (Å²) in [6.45, 7) is 3.64. The van der Waals surface area contributed by atoms with Gasteiger partial charge >= 0.3 is 5.97 Å². The number of anilines is 2. The number of hydrogen-bond donors (Lipinski definition) is 3. The molecule has 3 heterocycles. The molecule has 2 aromatic carbocycles. The van der Waals surface area contributed by atoms with Crippen molar-refractivity contribution in [3.8, 4) is 0 Å². The number of primary amides is 1. The van der Waals surface area contributed by atoms with Crippen LogP contribution < -0.4 is 21.3 Å². The largest absolute Gasteiger partial charge is 0.462 e. The number of carbonyl (C=O) groups is 5. The molecule has 0 aromatic heterocycles. The fourth-order valence-corrected chi connectivity index (χ4v) is 5.75. The number of amides is 4. The first-order valence-electron chi connectivity index (χ1n) is 11.4. The van der Waals surface area contributed by atoms with Crippen molar-refractivity contribution in [2.75, 3.05) is 16.8 Å². The van der Waals surface area contributed by atoms with Crippen molar-refractivity contribution in [3.63, 3.8) is 0 Å². The molecule has 10 nitrogen and oxygen atoms in total. The monoisotopic (exact) mass is 510 g/mol. The summed E-state index contributed by atoms with van der Waals surface area (Å²) in [4.78, 5) is 65.9. The van der Waals surface area contributed by atoms with E-state index in [0.717, 1.165) is 4.90 Å². The zero-order valence-electron chi connectivity index (χ0n) is 19.5. The number of ether oxygens (including phenoxy) is 1. The van der Waals surface area contributed by atoms with Gasteiger partial charge in [-0.3, -0.25) is 24.5 Å². The highest BCUT2D eigenvalue weighted by molar-refractivity contribution is 6.32. The van der Waals surface area contributed by atoms with E-state index < -0.39 is 53.0 Å². The number of imide groups is 1. The number of carbonyl (C=O) groups excluding carboxylic acids is 5. The van der Waals surface area contributed by atoms with Gasteiger partial charge in [-0.1, -0.05) is 17.7 Å². The quantitative estimate of drug-likeness (QED) is 0.409. The Kier molecular flexibility index (Phi) is 5.60. The summed E-state index contributed by atoms with van der Waals surface area (Å²) in [6, 6.07) is 8.29. The van der Waals surface area contributed by atoms with Crippen LogP contribution in [0.3, 0.4) is 0 Å². The maximum Gasteiger partial charge on any atom is 0.338 e. The van der Waals surface area contributed by atoms with Crippen molar-refractivity contribution in [3.05, 3.63) is 58.1 Å². The van der Waals surface area contributed by atoms with Crippen LogP contribution in [0.2, 0.25) is 5.02 Å². The minimum absolute atomic E-state index is 0.206. The molecule has 3 aliphatic rings. The van der Waals surface area contributed by atoms with Gasteiger partial charge in [0.25, 0.3) is 0 Å². The molecule has 11 heteroatoms. The highest BCUT2D eigenvalue weighted by Crippen LogP contribution is 2.55. The molecule has 4 amide bonds. The summed E-state index contributed by atoms with van der Waals surface area (Å²) >= 11 is 6.26. The molecule has 36 heavy (non-hydrogen) atoms. The highest BCUT2D eigenvalue weighted by atomic mass is 35.5. The van der Waals surface area contributed by atoms with Gasteiger partial charge in [-0.2, -0.15) is 0 Å². The molecular weight excluding hydrogens is 488 g/mol. The fourth-order valence-electron chi connectivity index (χ4n) is 5.60. The first-order chi connectivity index (χ1) is 17.1. The topological polar surface area (TPSA) is 148 Å². The summed E-state index contributed by atoms with van der Waals surface area (Å²) < 4.78 is 4.98. The number of fused-ring (bicyclic) bond motifs is 4. The second-order valence-corrected chi connectivity index (χ2v) is 9.47. The van der Waals surface area contributed by atoms with Crippen molar-refractivity contribution in [2.45, 2.75) is 31.8 Å². The van der Waals surface area contributed by atoms with Crippen LogP contribution in [0, 0.1) is 18.8 Å². The number of nitrogens with two attached hydrogens (primary N) is 1. The van der Waals surface area contributed by atoms with Gasteiger partial charge in [0.05, 0.1) is 35.4 Å². The van der Waals surface area contributed by atoms with Crippen LogP contribution in [0.1, 0.15) is 34.8 Å². The van der Waals surface area contributed by atoms with Gasteiger partial charge in [-0.05, 0) is 49.7 Å². The van der Waals surface area contributed by atoms with Gasteiger partial charge in [0.15, 0.2) is 0 Å². The molecule has 0 bridgehead atoms. The van der Waals surface area contributed by atoms with Gasteiger partial charge in [0, 0.05) is 23.0 Å². The molecule has 1 spiro atoms. The van der Waals surface area contributed by atoms with E-state index in [1.807, 2.05) is 0 Å². The summed E-state index contributed by atoms with van der Waals surface area (Å²) in [5.74, 6) is -5.00. The number of benzene rings is 2. The lowest BCUT2D eigenvalue weighted by molar-refractivity contribution is -0.130. The van der Waals surface area contributed by atoms with Gasteiger partial charge in [0.1, 0.15) is 5.54 Å². The van der Waals surface area contributed by atoms with Crippen LogP contribution in [0.15, 0.2) is 36.4 Å². The number of hydrogen-bond acceptors (Lipinski definition) is 7. The second kappa shape index (κ2) is 8.42. The van der Waals surface area contributed by atoms with Crippen LogP contribution in [-0.4, -0.2) is 42.2 Å². The SMILES string of the molecule is CCOC(=O)c1ccc(N2C(=O)[C@@H]3[C@H](CC(N)=O)N[C@@]4(C(=O)Nc5c4ccc(Cl)c5C)[C@@H]3C2=O)cc1. The average molecular weight is 511 g/mol. The maximum atomic E-state index is 13.9. The lowest BCUT2D eigenvalue weighted by Gasteiger charge is -2.29. The minimum atomic E-state index is -1.58. The number of esters is 1. The highest BCUT2D eigenvalue weighted by Gasteiger charge is 2.70. The predicted molar refractivity (Wildman–Crippen MR) is 129 cm³/mol. The zero-order chi connectivity index (χ0) is 25.9. The third kappa shape index (κ3) is 3.25. The molecule has 0 aliphatic carbocycles. The Morgan fingerprint density at radius 3 is 2.44 bits per heavy atom. The van der Waals surface area contributed by atoms with Crippen LogP contribution in [0.5, 0.6) is 0 Å². The second-order valence-electron chi connectivity index (χ2n) is 9.06. The van der Waals surface area contributed by atoms with Gasteiger partial charge in [-0.15, -0.1) is 0 Å². The number of nitrogens with one attached hydrogen (secondary N) is 2. The molecule has 3 aliphatic heterocycles. The third-order valence-electron chi connectivity index (χ3n) is 7.14. The zero-order valence-corrected chi connectivity index (χ0v) is 20.2. The third-order valence-corrected chi connectivity index (χ3v) is 7.55. The first kappa shape index (κ1) is 24.0. The average Bonchev–Trinajstić information content (AvgIpc) is 3.41. The lowest BCUT2D eigenvalue weighted by atomic mass is 9.76. The van der Waals surface area contributed by atoms with E-state index in [1.54, 1.807) is 26.0 Å². The number of halogens is 1. The molecule has 0 saturated carbocycles. The van der Waals surface area contributed by atoms with Crippen molar-refractivity contribution >= 4 is 52.6 Å². The Morgan fingerprint density at radius 1 is 1.11 bits per heavy atom. The normalized spacial score (nSPS) is 26.2. The standard InChI is InChI=1S/C25H23ClN4O6/c1-3-36-23(34)12-4-6-13(7-5-12)30-21(32)18-16(10-17(27)31)29-25(19(18)22(30)33)14-8-9-15(26)11(2)20(14)28-24(25)35/h4-9,16,18-19,29H,3,10H2,1-2H3,(H2,27,31)(H,28,35)/t16-,18+,19-,25+/m0/s1. The van der Waals surface area contributed by atoms with Crippen molar-refractivity contribution in [1.82, 2.24) is 5.32 Å².